The van der Waals surface area contributed by atoms with Crippen LogP contribution in [0.3, 0.4) is 0 Å². The van der Waals surface area contributed by atoms with Gasteiger partial charge in [0.2, 0.25) is 0 Å². The van der Waals surface area contributed by atoms with Gasteiger partial charge in [0.05, 0.1) is 6.42 Å². The molecule has 0 bridgehead atoms. The predicted molar refractivity (Wildman–Crippen MR) is 103 cm³/mol. The number of hydrogen-bond acceptors (Lipinski definition) is 4. The lowest BCUT2D eigenvalue weighted by Gasteiger charge is -2.23. The van der Waals surface area contributed by atoms with Crippen LogP contribution in [0.2, 0.25) is 0 Å². The number of fused-ring (bicyclic) bond motifs is 3. The van der Waals surface area contributed by atoms with Gasteiger partial charge in [-0.3, -0.25) is 4.79 Å². The van der Waals surface area contributed by atoms with Crippen molar-refractivity contribution >= 4 is 12.1 Å². The van der Waals surface area contributed by atoms with Crippen LogP contribution < -0.4 is 5.73 Å². The average Bonchev–Trinajstić information content (AvgIpc) is 3.00. The van der Waals surface area contributed by atoms with Crippen molar-refractivity contribution in [1.29, 1.82) is 0 Å². The molecule has 0 fully saturated rings. The first-order valence-electron chi connectivity index (χ1n) is 9.13. The Morgan fingerprint density at radius 3 is 2.15 bits per heavy atom. The van der Waals surface area contributed by atoms with Crippen molar-refractivity contribution in [1.82, 2.24) is 4.90 Å². The van der Waals surface area contributed by atoms with Crippen molar-refractivity contribution in [3.8, 4) is 11.1 Å². The van der Waals surface area contributed by atoms with Gasteiger partial charge in [0.15, 0.2) is 0 Å². The molecule has 3 rings (SSSR count). The predicted octanol–water partition coefficient (Wildman–Crippen LogP) is 3.06. The monoisotopic (exact) mass is 368 g/mol. The number of carbonyl (C=O) groups is 2. The van der Waals surface area contributed by atoms with E-state index in [2.05, 4.69) is 24.3 Å². The quantitative estimate of drug-likeness (QED) is 0.747. The first-order chi connectivity index (χ1) is 13.1. The molecule has 1 aliphatic rings. The lowest BCUT2D eigenvalue weighted by Crippen LogP contribution is -2.36. The topological polar surface area (TPSA) is 92.9 Å². The van der Waals surface area contributed by atoms with E-state index < -0.39 is 12.1 Å². The number of amides is 1. The highest BCUT2D eigenvalue weighted by Crippen LogP contribution is 2.44. The van der Waals surface area contributed by atoms with Gasteiger partial charge in [0, 0.05) is 19.0 Å². The molecule has 0 saturated heterocycles. The Hall–Kier alpha value is -2.86. The minimum absolute atomic E-state index is 0.0165. The molecule has 0 unspecified atom stereocenters. The molecule has 0 heterocycles. The third-order valence-electron chi connectivity index (χ3n) is 4.82. The Labute approximate surface area is 158 Å². The third-order valence-corrected chi connectivity index (χ3v) is 4.82. The van der Waals surface area contributed by atoms with Gasteiger partial charge in [0.25, 0.3) is 0 Å². The zero-order valence-corrected chi connectivity index (χ0v) is 15.1. The lowest BCUT2D eigenvalue weighted by atomic mass is 9.98. The standard InChI is InChI=1S/C21H24N2O4/c22-11-5-12-23(13-10-20(24)25)21(26)27-14-19-17-8-3-1-6-15(17)16-7-2-4-9-18(16)19/h1-4,6-9,19H,5,10-14,22H2,(H,24,25). The molecule has 0 saturated carbocycles. The van der Waals surface area contributed by atoms with Gasteiger partial charge in [-0.15, -0.1) is 0 Å². The Morgan fingerprint density at radius 2 is 1.59 bits per heavy atom. The molecular formula is C21H24N2O4. The molecule has 0 spiro atoms. The summed E-state index contributed by atoms with van der Waals surface area (Å²) in [7, 11) is 0. The summed E-state index contributed by atoms with van der Waals surface area (Å²) in [5, 5.41) is 8.89. The van der Waals surface area contributed by atoms with E-state index in [-0.39, 0.29) is 25.5 Å². The lowest BCUT2D eigenvalue weighted by molar-refractivity contribution is -0.137. The Balaban J connectivity index is 1.71. The molecule has 6 heteroatoms. The molecule has 0 atom stereocenters. The highest BCUT2D eigenvalue weighted by atomic mass is 16.6. The fraction of sp³-hybridized carbons (Fsp3) is 0.333. The minimum atomic E-state index is -0.945. The molecule has 0 aliphatic heterocycles. The molecule has 2 aromatic rings. The summed E-state index contributed by atoms with van der Waals surface area (Å²) in [5.41, 5.74) is 10.1. The van der Waals surface area contributed by atoms with E-state index in [9.17, 15) is 9.59 Å². The number of nitrogens with two attached hydrogens (primary N) is 1. The maximum Gasteiger partial charge on any atom is 0.409 e. The molecule has 0 aromatic heterocycles. The largest absolute Gasteiger partial charge is 0.481 e. The Morgan fingerprint density at radius 1 is 1.00 bits per heavy atom. The van der Waals surface area contributed by atoms with Crippen molar-refractivity contribution < 1.29 is 19.4 Å². The highest BCUT2D eigenvalue weighted by Gasteiger charge is 2.29. The van der Waals surface area contributed by atoms with Crippen molar-refractivity contribution in [2.75, 3.05) is 26.2 Å². The van der Waals surface area contributed by atoms with Crippen molar-refractivity contribution in [2.45, 2.75) is 18.8 Å². The molecule has 3 N–H and O–H groups in total. The fourth-order valence-corrected chi connectivity index (χ4v) is 3.49. The third kappa shape index (κ3) is 4.28. The van der Waals surface area contributed by atoms with Gasteiger partial charge < -0.3 is 20.5 Å². The number of carboxylic acid groups (broad SMARTS) is 1. The van der Waals surface area contributed by atoms with Crippen LogP contribution in [-0.4, -0.2) is 48.3 Å². The van der Waals surface area contributed by atoms with E-state index in [1.54, 1.807) is 0 Å². The van der Waals surface area contributed by atoms with Crippen molar-refractivity contribution in [3.63, 3.8) is 0 Å². The van der Waals surface area contributed by atoms with Gasteiger partial charge in [-0.1, -0.05) is 48.5 Å². The highest BCUT2D eigenvalue weighted by molar-refractivity contribution is 5.79. The Bertz CT molecular complexity index is 776. The van der Waals surface area contributed by atoms with Crippen molar-refractivity contribution in [3.05, 3.63) is 59.7 Å². The Kier molecular flexibility index (Phi) is 6.08. The summed E-state index contributed by atoms with van der Waals surface area (Å²) in [4.78, 5) is 24.8. The zero-order valence-electron chi connectivity index (χ0n) is 15.1. The molecular weight excluding hydrogens is 344 g/mol. The maximum absolute atomic E-state index is 12.5. The van der Waals surface area contributed by atoms with Crippen LogP contribution >= 0.6 is 0 Å². The second-order valence-electron chi connectivity index (χ2n) is 6.58. The van der Waals surface area contributed by atoms with E-state index in [1.807, 2.05) is 24.3 Å². The van der Waals surface area contributed by atoms with E-state index in [0.717, 1.165) is 11.1 Å². The fourth-order valence-electron chi connectivity index (χ4n) is 3.49. The number of carbonyl (C=O) groups excluding carboxylic acids is 1. The van der Waals surface area contributed by atoms with Crippen LogP contribution in [0.4, 0.5) is 4.79 Å². The van der Waals surface area contributed by atoms with Gasteiger partial charge in [-0.2, -0.15) is 0 Å². The van der Waals surface area contributed by atoms with Gasteiger partial charge in [-0.05, 0) is 35.2 Å². The van der Waals surface area contributed by atoms with E-state index in [0.29, 0.717) is 19.5 Å². The normalized spacial score (nSPS) is 12.3. The van der Waals surface area contributed by atoms with E-state index in [1.165, 1.54) is 16.0 Å². The molecule has 27 heavy (non-hydrogen) atoms. The number of carboxylic acids is 1. The van der Waals surface area contributed by atoms with Crippen LogP contribution in [0.15, 0.2) is 48.5 Å². The molecule has 2 aromatic carbocycles. The summed E-state index contributed by atoms with van der Waals surface area (Å²) >= 11 is 0. The molecule has 142 valence electrons. The van der Waals surface area contributed by atoms with Crippen LogP contribution in [-0.2, 0) is 9.53 Å². The number of rotatable bonds is 8. The number of benzene rings is 2. The zero-order chi connectivity index (χ0) is 19.2. The van der Waals surface area contributed by atoms with Crippen molar-refractivity contribution in [2.24, 2.45) is 5.73 Å². The summed E-state index contributed by atoms with van der Waals surface area (Å²) in [6, 6.07) is 16.3. The SMILES string of the molecule is NCCCN(CCC(=O)O)C(=O)OCC1c2ccccc2-c2ccccc21. The number of aliphatic carboxylic acids is 1. The van der Waals surface area contributed by atoms with Crippen LogP contribution in [0.25, 0.3) is 11.1 Å². The van der Waals surface area contributed by atoms with Gasteiger partial charge >= 0.3 is 12.1 Å². The van der Waals surface area contributed by atoms with Crippen LogP contribution in [0, 0.1) is 0 Å². The minimum Gasteiger partial charge on any atom is -0.481 e. The smallest absolute Gasteiger partial charge is 0.409 e. The number of nitrogens with zero attached hydrogens (tertiary/aromatic N) is 1. The van der Waals surface area contributed by atoms with Gasteiger partial charge in [-0.25, -0.2) is 4.79 Å². The number of ether oxygens (including phenoxy) is 1. The molecule has 1 amide bonds. The summed E-state index contributed by atoms with van der Waals surface area (Å²) in [6.07, 6.45) is -0.00922. The van der Waals surface area contributed by atoms with Crippen LogP contribution in [0.5, 0.6) is 0 Å². The molecule has 1 aliphatic carbocycles. The average molecular weight is 368 g/mol. The molecule has 6 nitrogen and oxygen atoms in total. The second-order valence-corrected chi connectivity index (χ2v) is 6.58. The first-order valence-corrected chi connectivity index (χ1v) is 9.13. The number of hydrogen-bond donors (Lipinski definition) is 2. The van der Waals surface area contributed by atoms with E-state index in [4.69, 9.17) is 15.6 Å². The van der Waals surface area contributed by atoms with Gasteiger partial charge in [0.1, 0.15) is 6.61 Å². The second kappa shape index (κ2) is 8.68. The molecule has 0 radical (unpaired) electrons. The summed E-state index contributed by atoms with van der Waals surface area (Å²) in [6.45, 7) is 1.16. The summed E-state index contributed by atoms with van der Waals surface area (Å²) < 4.78 is 5.58. The maximum atomic E-state index is 12.5. The summed E-state index contributed by atoms with van der Waals surface area (Å²) in [5.74, 6) is -0.962. The van der Waals surface area contributed by atoms with Crippen LogP contribution in [0.1, 0.15) is 29.9 Å². The first kappa shape index (κ1) is 18.9. The van der Waals surface area contributed by atoms with E-state index >= 15 is 0 Å².